The number of carboxylic acid groups (broad SMARTS) is 1. The highest BCUT2D eigenvalue weighted by Crippen LogP contribution is 2.32. The number of carbonyl (C=O) groups is 1. The molecule has 0 amide bonds. The third kappa shape index (κ3) is 7.03. The van der Waals surface area contributed by atoms with Gasteiger partial charge >= 0.3 is 12.1 Å². The van der Waals surface area contributed by atoms with Gasteiger partial charge in [0.05, 0.1) is 6.10 Å². The lowest BCUT2D eigenvalue weighted by molar-refractivity contribution is -0.192. The van der Waals surface area contributed by atoms with Crippen LogP contribution >= 0.6 is 11.3 Å². The number of hydrogen-bond acceptors (Lipinski definition) is 6. The maximum Gasteiger partial charge on any atom is 0.490 e. The first kappa shape index (κ1) is 23.7. The third-order valence-corrected chi connectivity index (χ3v) is 5.95. The molecule has 0 aromatic carbocycles. The molecule has 31 heavy (non-hydrogen) atoms. The number of carboxylic acids is 1. The van der Waals surface area contributed by atoms with E-state index >= 15 is 0 Å². The molecule has 0 radical (unpaired) electrons. The van der Waals surface area contributed by atoms with Gasteiger partial charge in [0.15, 0.2) is 0 Å². The highest BCUT2D eigenvalue weighted by molar-refractivity contribution is 7.07. The molecule has 2 saturated heterocycles. The van der Waals surface area contributed by atoms with E-state index in [0.29, 0.717) is 6.04 Å². The Labute approximate surface area is 182 Å². The number of alkyl halides is 3. The number of hydrogen-bond donors (Lipinski definition) is 1. The Morgan fingerprint density at radius 1 is 1.42 bits per heavy atom. The summed E-state index contributed by atoms with van der Waals surface area (Å²) in [6.07, 6.45) is 2.54. The maximum absolute atomic E-state index is 10.6. The monoisotopic (exact) mass is 461 g/mol. The molecule has 0 saturated carbocycles. The van der Waals surface area contributed by atoms with E-state index in [2.05, 4.69) is 26.8 Å². The van der Waals surface area contributed by atoms with Crippen LogP contribution < -0.4 is 0 Å². The molecule has 2 aliphatic rings. The molecule has 0 unspecified atom stereocenters. The average molecular weight is 462 g/mol. The summed E-state index contributed by atoms with van der Waals surface area (Å²) in [5.74, 6) is -2.76. The van der Waals surface area contributed by atoms with Crippen LogP contribution in [-0.4, -0.2) is 69.9 Å². The number of aryl methyl sites for hydroxylation is 1. The molecule has 11 heteroatoms. The molecule has 7 nitrogen and oxygen atoms in total. The van der Waals surface area contributed by atoms with E-state index in [1.54, 1.807) is 11.3 Å². The van der Waals surface area contributed by atoms with Crippen molar-refractivity contribution in [3.63, 3.8) is 0 Å². The summed E-state index contributed by atoms with van der Waals surface area (Å²) in [5.41, 5.74) is 1.41. The molecule has 4 rings (SSSR count). The van der Waals surface area contributed by atoms with Gasteiger partial charge in [0, 0.05) is 51.3 Å². The van der Waals surface area contributed by atoms with Crippen molar-refractivity contribution in [2.75, 3.05) is 19.8 Å². The Bertz CT molecular complexity index is 786. The second kappa shape index (κ2) is 11.1. The molecule has 0 spiro atoms. The van der Waals surface area contributed by atoms with Gasteiger partial charge in [0.1, 0.15) is 6.10 Å². The molecular weight excluding hydrogens is 435 g/mol. The smallest absolute Gasteiger partial charge is 0.475 e. The van der Waals surface area contributed by atoms with E-state index in [-0.39, 0.29) is 12.2 Å². The van der Waals surface area contributed by atoms with Gasteiger partial charge in [-0.25, -0.2) is 4.79 Å². The van der Waals surface area contributed by atoms with Crippen molar-refractivity contribution in [3.05, 3.63) is 40.8 Å². The number of fused-ring (bicyclic) bond motifs is 1. The van der Waals surface area contributed by atoms with E-state index in [4.69, 9.17) is 19.4 Å². The highest BCUT2D eigenvalue weighted by Gasteiger charge is 2.44. The fourth-order valence-electron chi connectivity index (χ4n) is 3.84. The largest absolute Gasteiger partial charge is 0.490 e. The standard InChI is InChI=1S/C18H25N3O2S.C2HF3O2/c1-4-16-18(23-9-1)17(13-20(16)12-15-5-11-24-14-15)22-10-3-8-21-7-2-6-19-21;3-2(4,5)1(6)7/h2,5-7,11,14,16-18H,1,3-4,8-10,12-13H2;(H,6,7)/t16-,17-,18+;/m1./s1. The number of likely N-dealkylation sites (tertiary alicyclic amines) is 1. The normalized spacial score (nSPS) is 23.8. The van der Waals surface area contributed by atoms with Crippen molar-refractivity contribution < 1.29 is 32.5 Å². The number of rotatable bonds is 7. The first-order valence-corrected chi connectivity index (χ1v) is 11.0. The van der Waals surface area contributed by atoms with Crippen LogP contribution in [0.3, 0.4) is 0 Å². The lowest BCUT2D eigenvalue weighted by Gasteiger charge is -2.32. The van der Waals surface area contributed by atoms with Crippen molar-refractivity contribution in [2.45, 2.75) is 56.8 Å². The summed E-state index contributed by atoms with van der Waals surface area (Å²) in [6.45, 7) is 4.55. The van der Waals surface area contributed by atoms with Gasteiger partial charge in [-0.15, -0.1) is 0 Å². The summed E-state index contributed by atoms with van der Waals surface area (Å²) in [4.78, 5) is 11.5. The van der Waals surface area contributed by atoms with Gasteiger partial charge in [-0.3, -0.25) is 9.58 Å². The Hall–Kier alpha value is -1.95. The van der Waals surface area contributed by atoms with Gasteiger partial charge in [0.2, 0.25) is 0 Å². The predicted molar refractivity (Wildman–Crippen MR) is 108 cm³/mol. The van der Waals surface area contributed by atoms with Gasteiger partial charge < -0.3 is 14.6 Å². The minimum Gasteiger partial charge on any atom is -0.475 e. The van der Waals surface area contributed by atoms with E-state index in [1.165, 1.54) is 12.0 Å². The molecule has 2 aromatic rings. The fraction of sp³-hybridized carbons (Fsp3) is 0.600. The lowest BCUT2D eigenvalue weighted by Crippen LogP contribution is -2.41. The first-order chi connectivity index (χ1) is 14.8. The van der Waals surface area contributed by atoms with Gasteiger partial charge in [-0.1, -0.05) is 0 Å². The number of ether oxygens (including phenoxy) is 2. The van der Waals surface area contributed by atoms with Crippen molar-refractivity contribution in [1.82, 2.24) is 14.7 Å². The van der Waals surface area contributed by atoms with E-state index in [9.17, 15) is 13.2 Å². The van der Waals surface area contributed by atoms with Crippen LogP contribution in [0.2, 0.25) is 0 Å². The van der Waals surface area contributed by atoms with Crippen LogP contribution in [0.4, 0.5) is 13.2 Å². The van der Waals surface area contributed by atoms with Crippen LogP contribution in [0.15, 0.2) is 35.3 Å². The summed E-state index contributed by atoms with van der Waals surface area (Å²) in [5, 5.41) is 15.8. The quantitative estimate of drug-likeness (QED) is 0.637. The Morgan fingerprint density at radius 3 is 2.87 bits per heavy atom. The van der Waals surface area contributed by atoms with Gasteiger partial charge in [-0.2, -0.15) is 29.6 Å². The molecule has 2 aromatic heterocycles. The van der Waals surface area contributed by atoms with Crippen molar-refractivity contribution in [1.29, 1.82) is 0 Å². The highest BCUT2D eigenvalue weighted by atomic mass is 32.1. The zero-order chi connectivity index (χ0) is 22.3. The minimum absolute atomic E-state index is 0.201. The van der Waals surface area contributed by atoms with E-state index < -0.39 is 12.1 Å². The lowest BCUT2D eigenvalue weighted by atomic mass is 10.0. The number of aromatic nitrogens is 2. The summed E-state index contributed by atoms with van der Waals surface area (Å²) in [7, 11) is 0. The zero-order valence-electron chi connectivity index (χ0n) is 16.9. The van der Waals surface area contributed by atoms with Crippen molar-refractivity contribution in [2.24, 2.45) is 0 Å². The molecule has 0 bridgehead atoms. The molecule has 2 aliphatic heterocycles. The van der Waals surface area contributed by atoms with Gasteiger partial charge in [0.25, 0.3) is 0 Å². The molecule has 3 atom stereocenters. The molecule has 1 N–H and O–H groups in total. The topological polar surface area (TPSA) is 76.8 Å². The van der Waals surface area contributed by atoms with Crippen LogP contribution in [-0.2, 0) is 27.4 Å². The summed E-state index contributed by atoms with van der Waals surface area (Å²) >= 11 is 1.77. The molecule has 0 aliphatic carbocycles. The van der Waals surface area contributed by atoms with E-state index in [1.807, 2.05) is 23.1 Å². The Kier molecular flexibility index (Phi) is 8.47. The fourth-order valence-corrected chi connectivity index (χ4v) is 4.50. The Morgan fingerprint density at radius 2 is 2.23 bits per heavy atom. The second-order valence-corrected chi connectivity index (χ2v) is 8.22. The van der Waals surface area contributed by atoms with Gasteiger partial charge in [-0.05, 0) is 47.7 Å². The third-order valence-electron chi connectivity index (χ3n) is 5.21. The minimum atomic E-state index is -5.08. The summed E-state index contributed by atoms with van der Waals surface area (Å²) in [6, 6.07) is 4.69. The number of aliphatic carboxylic acids is 1. The van der Waals surface area contributed by atoms with Crippen LogP contribution in [0, 0.1) is 0 Å². The zero-order valence-corrected chi connectivity index (χ0v) is 17.7. The maximum atomic E-state index is 10.6. The average Bonchev–Trinajstić information content (AvgIpc) is 3.48. The molecular formula is C20H26F3N3O4S. The molecule has 2 fully saturated rings. The summed E-state index contributed by atoms with van der Waals surface area (Å²) < 4.78 is 46.0. The predicted octanol–water partition coefficient (Wildman–Crippen LogP) is 3.42. The Balaban J connectivity index is 0.000000339. The number of halogens is 3. The SMILES string of the molecule is O=C(O)C(F)(F)F.c1cnn(CCCO[C@@H]2CN(Cc3ccsc3)[C@@H]3CCCO[C@@H]32)c1. The second-order valence-electron chi connectivity index (χ2n) is 7.44. The van der Waals surface area contributed by atoms with Crippen LogP contribution in [0.5, 0.6) is 0 Å². The van der Waals surface area contributed by atoms with Crippen LogP contribution in [0.25, 0.3) is 0 Å². The molecule has 4 heterocycles. The van der Waals surface area contributed by atoms with Crippen molar-refractivity contribution >= 4 is 17.3 Å². The number of thiophene rings is 1. The van der Waals surface area contributed by atoms with Crippen molar-refractivity contribution in [3.8, 4) is 0 Å². The molecule has 172 valence electrons. The number of nitrogens with zero attached hydrogens (tertiary/aromatic N) is 3. The van der Waals surface area contributed by atoms with E-state index in [0.717, 1.165) is 45.7 Å². The van der Waals surface area contributed by atoms with Crippen LogP contribution in [0.1, 0.15) is 24.8 Å². The first-order valence-electron chi connectivity index (χ1n) is 10.1.